The van der Waals surface area contributed by atoms with Gasteiger partial charge in [0.15, 0.2) is 0 Å². The first kappa shape index (κ1) is 14.1. The fourth-order valence-corrected chi connectivity index (χ4v) is 2.76. The van der Waals surface area contributed by atoms with E-state index in [1.165, 1.54) is 6.92 Å². The standard InChI is InChI=1S/C17H17N3O2/c1-10(14-5-4-8-18-14)16-13-9-12(19-11(2)21)6-7-15(13)20(3)17(16)22/h4-9,18H,1-3H3,(H,19,21). The highest BCUT2D eigenvalue weighted by atomic mass is 16.2. The quantitative estimate of drug-likeness (QED) is 0.837. The molecule has 0 saturated heterocycles. The molecule has 2 heterocycles. The van der Waals surface area contributed by atoms with E-state index in [9.17, 15) is 9.59 Å². The SMILES string of the molecule is CC(=O)Nc1ccc2c(c1)C(=C(C)c1ccc[nH]1)C(=O)N2C. The number of anilines is 2. The Morgan fingerprint density at radius 2 is 2.00 bits per heavy atom. The van der Waals surface area contributed by atoms with Gasteiger partial charge in [0.1, 0.15) is 0 Å². The summed E-state index contributed by atoms with van der Waals surface area (Å²) in [5.74, 6) is -0.175. The molecule has 0 saturated carbocycles. The molecule has 0 unspecified atom stereocenters. The molecular formula is C17H17N3O2. The van der Waals surface area contributed by atoms with E-state index in [2.05, 4.69) is 10.3 Å². The molecule has 5 heteroatoms. The number of hydrogen-bond acceptors (Lipinski definition) is 2. The Morgan fingerprint density at radius 1 is 1.23 bits per heavy atom. The topological polar surface area (TPSA) is 65.2 Å². The van der Waals surface area contributed by atoms with Gasteiger partial charge in [0, 0.05) is 37.1 Å². The molecule has 0 bridgehead atoms. The van der Waals surface area contributed by atoms with Crippen molar-refractivity contribution < 1.29 is 9.59 Å². The number of rotatable bonds is 2. The van der Waals surface area contributed by atoms with Gasteiger partial charge in [0.25, 0.3) is 5.91 Å². The number of amides is 2. The number of likely N-dealkylation sites (N-methyl/N-ethyl adjacent to an activating group) is 1. The maximum Gasteiger partial charge on any atom is 0.259 e. The van der Waals surface area contributed by atoms with Crippen LogP contribution in [0.5, 0.6) is 0 Å². The molecule has 2 N–H and O–H groups in total. The molecule has 0 spiro atoms. The zero-order chi connectivity index (χ0) is 15.9. The predicted molar refractivity (Wildman–Crippen MR) is 87.4 cm³/mol. The number of aromatic amines is 1. The molecular weight excluding hydrogens is 278 g/mol. The minimum atomic E-state index is -0.135. The molecule has 1 aliphatic rings. The molecule has 1 aliphatic heterocycles. The zero-order valence-corrected chi connectivity index (χ0v) is 12.7. The third-order valence-corrected chi connectivity index (χ3v) is 3.84. The van der Waals surface area contributed by atoms with Crippen molar-refractivity contribution in [2.45, 2.75) is 13.8 Å². The van der Waals surface area contributed by atoms with E-state index in [0.717, 1.165) is 22.5 Å². The maximum absolute atomic E-state index is 12.6. The predicted octanol–water partition coefficient (Wildman–Crippen LogP) is 2.88. The van der Waals surface area contributed by atoms with Crippen LogP contribution in [0, 0.1) is 0 Å². The number of nitrogens with one attached hydrogen (secondary N) is 2. The molecule has 2 aromatic rings. The van der Waals surface area contributed by atoms with Crippen molar-refractivity contribution in [1.82, 2.24) is 4.98 Å². The summed E-state index contributed by atoms with van der Waals surface area (Å²) in [6.45, 7) is 3.39. The average molecular weight is 295 g/mol. The van der Waals surface area contributed by atoms with Gasteiger partial charge in [0.05, 0.1) is 11.3 Å². The van der Waals surface area contributed by atoms with Crippen LogP contribution in [0.3, 0.4) is 0 Å². The van der Waals surface area contributed by atoms with Crippen molar-refractivity contribution in [2.75, 3.05) is 17.3 Å². The van der Waals surface area contributed by atoms with Crippen LogP contribution in [0.25, 0.3) is 11.1 Å². The van der Waals surface area contributed by atoms with Crippen molar-refractivity contribution in [3.8, 4) is 0 Å². The zero-order valence-electron chi connectivity index (χ0n) is 12.7. The maximum atomic E-state index is 12.6. The lowest BCUT2D eigenvalue weighted by Crippen LogP contribution is -2.20. The van der Waals surface area contributed by atoms with Gasteiger partial charge >= 0.3 is 0 Å². The number of aromatic nitrogens is 1. The summed E-state index contributed by atoms with van der Waals surface area (Å²) >= 11 is 0. The molecule has 0 fully saturated rings. The van der Waals surface area contributed by atoms with E-state index >= 15 is 0 Å². The first-order chi connectivity index (χ1) is 10.5. The number of fused-ring (bicyclic) bond motifs is 1. The van der Waals surface area contributed by atoms with Gasteiger partial charge in [-0.2, -0.15) is 0 Å². The van der Waals surface area contributed by atoms with Crippen LogP contribution in [0.2, 0.25) is 0 Å². The molecule has 2 amide bonds. The number of hydrogen-bond donors (Lipinski definition) is 2. The number of carbonyl (C=O) groups is 2. The highest BCUT2D eigenvalue weighted by Crippen LogP contribution is 2.40. The Balaban J connectivity index is 2.17. The summed E-state index contributed by atoms with van der Waals surface area (Å²) in [4.78, 5) is 28.6. The molecule has 5 nitrogen and oxygen atoms in total. The fourth-order valence-electron chi connectivity index (χ4n) is 2.76. The average Bonchev–Trinajstić information content (AvgIpc) is 3.07. The first-order valence-corrected chi connectivity index (χ1v) is 7.03. The Morgan fingerprint density at radius 3 is 2.64 bits per heavy atom. The number of allylic oxidation sites excluding steroid dienone is 1. The molecule has 1 aromatic heterocycles. The lowest BCUT2D eigenvalue weighted by molar-refractivity contribution is -0.114. The fraction of sp³-hybridized carbons (Fsp3) is 0.176. The van der Waals surface area contributed by atoms with Crippen molar-refractivity contribution >= 4 is 34.3 Å². The highest BCUT2D eigenvalue weighted by molar-refractivity contribution is 6.37. The lowest BCUT2D eigenvalue weighted by Gasteiger charge is -2.09. The highest BCUT2D eigenvalue weighted by Gasteiger charge is 2.32. The van der Waals surface area contributed by atoms with Crippen LogP contribution >= 0.6 is 0 Å². The van der Waals surface area contributed by atoms with Gasteiger partial charge in [0.2, 0.25) is 5.91 Å². The third kappa shape index (κ3) is 2.20. The summed E-state index contributed by atoms with van der Waals surface area (Å²) < 4.78 is 0. The van der Waals surface area contributed by atoms with Crippen LogP contribution in [0.1, 0.15) is 25.1 Å². The van der Waals surface area contributed by atoms with Gasteiger partial charge in [-0.3, -0.25) is 9.59 Å². The second-order valence-electron chi connectivity index (χ2n) is 5.36. The number of nitrogens with zero attached hydrogens (tertiary/aromatic N) is 1. The van der Waals surface area contributed by atoms with E-state index in [-0.39, 0.29) is 11.8 Å². The third-order valence-electron chi connectivity index (χ3n) is 3.84. The van der Waals surface area contributed by atoms with Crippen molar-refractivity contribution in [3.63, 3.8) is 0 Å². The Bertz CT molecular complexity index is 788. The van der Waals surface area contributed by atoms with Crippen LogP contribution in [-0.4, -0.2) is 23.8 Å². The van der Waals surface area contributed by atoms with E-state index in [0.29, 0.717) is 11.3 Å². The van der Waals surface area contributed by atoms with Crippen LogP contribution in [-0.2, 0) is 9.59 Å². The summed E-state index contributed by atoms with van der Waals surface area (Å²) in [6.07, 6.45) is 1.83. The number of benzene rings is 1. The van der Waals surface area contributed by atoms with Crippen molar-refractivity contribution in [3.05, 3.63) is 47.8 Å². The summed E-state index contributed by atoms with van der Waals surface area (Å²) in [6, 6.07) is 9.34. The molecule has 22 heavy (non-hydrogen) atoms. The largest absolute Gasteiger partial charge is 0.361 e. The monoisotopic (exact) mass is 295 g/mol. The molecule has 0 aliphatic carbocycles. The second kappa shape index (κ2) is 5.18. The first-order valence-electron chi connectivity index (χ1n) is 7.03. The summed E-state index contributed by atoms with van der Waals surface area (Å²) in [5.41, 5.74) is 4.83. The Kier molecular flexibility index (Phi) is 3.33. The molecule has 1 aromatic carbocycles. The molecule has 0 radical (unpaired) electrons. The van der Waals surface area contributed by atoms with Crippen molar-refractivity contribution in [2.24, 2.45) is 0 Å². The normalized spacial score (nSPS) is 15.8. The number of carbonyl (C=O) groups excluding carboxylic acids is 2. The van der Waals surface area contributed by atoms with Gasteiger partial charge in [-0.1, -0.05) is 0 Å². The minimum absolute atomic E-state index is 0.0397. The van der Waals surface area contributed by atoms with Gasteiger partial charge < -0.3 is 15.2 Å². The summed E-state index contributed by atoms with van der Waals surface area (Å²) in [7, 11) is 1.76. The van der Waals surface area contributed by atoms with E-state index in [1.807, 2.05) is 37.4 Å². The van der Waals surface area contributed by atoms with Crippen LogP contribution in [0.15, 0.2) is 36.5 Å². The summed E-state index contributed by atoms with van der Waals surface area (Å²) in [5, 5.41) is 2.76. The van der Waals surface area contributed by atoms with E-state index in [1.54, 1.807) is 18.0 Å². The van der Waals surface area contributed by atoms with Gasteiger partial charge in [-0.25, -0.2) is 0 Å². The Hall–Kier alpha value is -2.82. The molecule has 3 rings (SSSR count). The van der Waals surface area contributed by atoms with Gasteiger partial charge in [-0.05, 0) is 42.8 Å². The smallest absolute Gasteiger partial charge is 0.259 e. The molecule has 0 atom stereocenters. The van der Waals surface area contributed by atoms with E-state index < -0.39 is 0 Å². The second-order valence-corrected chi connectivity index (χ2v) is 5.36. The molecule has 112 valence electrons. The van der Waals surface area contributed by atoms with Crippen LogP contribution < -0.4 is 10.2 Å². The lowest BCUT2D eigenvalue weighted by atomic mass is 9.99. The van der Waals surface area contributed by atoms with Gasteiger partial charge in [-0.15, -0.1) is 0 Å². The minimum Gasteiger partial charge on any atom is -0.361 e. The van der Waals surface area contributed by atoms with E-state index in [4.69, 9.17) is 0 Å². The van der Waals surface area contributed by atoms with Crippen LogP contribution in [0.4, 0.5) is 11.4 Å². The van der Waals surface area contributed by atoms with Crippen molar-refractivity contribution in [1.29, 1.82) is 0 Å². The Labute approximate surface area is 128 Å². The number of H-pyrrole nitrogens is 1.